The largest absolute Gasteiger partial charge is 0.497 e. The molecule has 1 N–H and O–H groups in total. The first kappa shape index (κ1) is 18.8. The van der Waals surface area contributed by atoms with Gasteiger partial charge >= 0.3 is 0 Å². The second kappa shape index (κ2) is 8.23. The molecule has 2 unspecified atom stereocenters. The standard InChI is InChI=1S/C23H28N2O3/c1-16(18-13-24-14-18)23(26)25(15-17-6-4-3-5-7-17)21-10-11-28-22-9-8-19(27-2)12-20(21)22/h3-9,12,16,18,21,24H,10-11,13-15H2,1-2H3. The van der Waals surface area contributed by atoms with Gasteiger partial charge in [0.15, 0.2) is 0 Å². The van der Waals surface area contributed by atoms with Gasteiger partial charge in [-0.15, -0.1) is 0 Å². The lowest BCUT2D eigenvalue weighted by Crippen LogP contribution is -2.51. The van der Waals surface area contributed by atoms with Gasteiger partial charge in [0.2, 0.25) is 5.91 Å². The molecule has 2 aromatic rings. The summed E-state index contributed by atoms with van der Waals surface area (Å²) in [5, 5.41) is 3.29. The van der Waals surface area contributed by atoms with Crippen molar-refractivity contribution in [2.24, 2.45) is 11.8 Å². The van der Waals surface area contributed by atoms with Crippen LogP contribution in [0.5, 0.6) is 11.5 Å². The van der Waals surface area contributed by atoms with Crippen LogP contribution in [0.4, 0.5) is 0 Å². The second-order valence-corrected chi connectivity index (χ2v) is 7.72. The fourth-order valence-electron chi connectivity index (χ4n) is 4.05. The second-order valence-electron chi connectivity index (χ2n) is 7.72. The average Bonchev–Trinajstić information content (AvgIpc) is 2.70. The van der Waals surface area contributed by atoms with Crippen molar-refractivity contribution in [3.63, 3.8) is 0 Å². The maximum Gasteiger partial charge on any atom is 0.226 e. The summed E-state index contributed by atoms with van der Waals surface area (Å²) in [6, 6.07) is 16.1. The molecule has 0 saturated carbocycles. The number of hydrogen-bond acceptors (Lipinski definition) is 4. The first-order chi connectivity index (χ1) is 13.7. The fraction of sp³-hybridized carbons (Fsp3) is 0.435. The Labute approximate surface area is 166 Å². The third-order valence-corrected chi connectivity index (χ3v) is 5.99. The summed E-state index contributed by atoms with van der Waals surface area (Å²) < 4.78 is 11.3. The van der Waals surface area contributed by atoms with Crippen molar-refractivity contribution in [2.75, 3.05) is 26.8 Å². The van der Waals surface area contributed by atoms with Crippen LogP contribution in [0.15, 0.2) is 48.5 Å². The van der Waals surface area contributed by atoms with E-state index in [0.717, 1.165) is 42.1 Å². The first-order valence-electron chi connectivity index (χ1n) is 10.0. The monoisotopic (exact) mass is 380 g/mol. The smallest absolute Gasteiger partial charge is 0.226 e. The van der Waals surface area contributed by atoms with Crippen LogP contribution < -0.4 is 14.8 Å². The van der Waals surface area contributed by atoms with Crippen LogP contribution in [0.2, 0.25) is 0 Å². The zero-order chi connectivity index (χ0) is 19.5. The summed E-state index contributed by atoms with van der Waals surface area (Å²) in [5.41, 5.74) is 2.18. The Hall–Kier alpha value is -2.53. The van der Waals surface area contributed by atoms with Gasteiger partial charge in [0, 0.05) is 24.4 Å². The molecule has 0 aromatic heterocycles. The number of amides is 1. The van der Waals surface area contributed by atoms with E-state index in [1.54, 1.807) is 7.11 Å². The lowest BCUT2D eigenvalue weighted by Gasteiger charge is -2.40. The minimum absolute atomic E-state index is 0.00173. The first-order valence-corrected chi connectivity index (χ1v) is 10.0. The molecule has 5 nitrogen and oxygen atoms in total. The van der Waals surface area contributed by atoms with Gasteiger partial charge in [-0.2, -0.15) is 0 Å². The number of methoxy groups -OCH3 is 1. The number of carbonyl (C=O) groups excluding carboxylic acids is 1. The molecule has 4 rings (SSSR count). The van der Waals surface area contributed by atoms with Crippen LogP contribution in [0.3, 0.4) is 0 Å². The van der Waals surface area contributed by atoms with Crippen molar-refractivity contribution in [2.45, 2.75) is 25.9 Å². The number of hydrogen-bond donors (Lipinski definition) is 1. The molecule has 2 aromatic carbocycles. The van der Waals surface area contributed by atoms with E-state index in [2.05, 4.69) is 29.3 Å². The number of nitrogens with one attached hydrogen (secondary N) is 1. The van der Waals surface area contributed by atoms with Crippen LogP contribution in [-0.4, -0.2) is 37.6 Å². The van der Waals surface area contributed by atoms with Crippen molar-refractivity contribution in [3.05, 3.63) is 59.7 Å². The molecule has 2 atom stereocenters. The van der Waals surface area contributed by atoms with E-state index in [-0.39, 0.29) is 17.9 Å². The molecule has 2 aliphatic heterocycles. The SMILES string of the molecule is COc1ccc2c(c1)C(N(Cc1ccccc1)C(=O)C(C)C1CNC1)CCO2. The molecular weight excluding hydrogens is 352 g/mol. The summed E-state index contributed by atoms with van der Waals surface area (Å²) in [6.45, 7) is 5.12. The minimum Gasteiger partial charge on any atom is -0.497 e. The summed E-state index contributed by atoms with van der Waals surface area (Å²) >= 11 is 0. The van der Waals surface area contributed by atoms with E-state index in [0.29, 0.717) is 19.1 Å². The fourth-order valence-corrected chi connectivity index (χ4v) is 4.05. The number of nitrogens with zero attached hydrogens (tertiary/aromatic N) is 1. The van der Waals surface area contributed by atoms with Gasteiger partial charge in [-0.1, -0.05) is 37.3 Å². The molecule has 1 fully saturated rings. The quantitative estimate of drug-likeness (QED) is 0.835. The summed E-state index contributed by atoms with van der Waals surface area (Å²) in [6.07, 6.45) is 0.786. The maximum atomic E-state index is 13.6. The van der Waals surface area contributed by atoms with Crippen LogP contribution in [0, 0.1) is 11.8 Å². The molecule has 148 valence electrons. The van der Waals surface area contributed by atoms with Crippen LogP contribution in [0.25, 0.3) is 0 Å². The average molecular weight is 380 g/mol. The molecule has 0 aliphatic carbocycles. The van der Waals surface area contributed by atoms with E-state index in [1.807, 2.05) is 36.4 Å². The Bertz CT molecular complexity index is 820. The highest BCUT2D eigenvalue weighted by molar-refractivity contribution is 5.79. The van der Waals surface area contributed by atoms with Crippen LogP contribution >= 0.6 is 0 Å². The number of benzene rings is 2. The minimum atomic E-state index is -0.0120. The molecular formula is C23H28N2O3. The van der Waals surface area contributed by atoms with Crippen molar-refractivity contribution < 1.29 is 14.3 Å². The summed E-state index contributed by atoms with van der Waals surface area (Å²) in [7, 11) is 1.67. The van der Waals surface area contributed by atoms with Crippen molar-refractivity contribution in [3.8, 4) is 11.5 Å². The van der Waals surface area contributed by atoms with Gasteiger partial charge in [0.25, 0.3) is 0 Å². The van der Waals surface area contributed by atoms with E-state index in [4.69, 9.17) is 9.47 Å². The van der Waals surface area contributed by atoms with Gasteiger partial charge in [0.05, 0.1) is 19.8 Å². The molecule has 0 bridgehead atoms. The Morgan fingerprint density at radius 3 is 2.71 bits per heavy atom. The zero-order valence-corrected chi connectivity index (χ0v) is 16.6. The zero-order valence-electron chi connectivity index (χ0n) is 16.6. The number of fused-ring (bicyclic) bond motifs is 1. The van der Waals surface area contributed by atoms with E-state index < -0.39 is 0 Å². The van der Waals surface area contributed by atoms with Gasteiger partial charge in [-0.05, 0) is 42.8 Å². The Balaban J connectivity index is 1.68. The predicted octanol–water partition coefficient (Wildman–Crippen LogP) is 3.40. The number of ether oxygens (including phenoxy) is 2. The Morgan fingerprint density at radius 2 is 2.04 bits per heavy atom. The van der Waals surface area contributed by atoms with Gasteiger partial charge in [-0.3, -0.25) is 4.79 Å². The van der Waals surface area contributed by atoms with Gasteiger partial charge in [-0.25, -0.2) is 0 Å². The molecule has 0 radical (unpaired) electrons. The van der Waals surface area contributed by atoms with Crippen LogP contribution in [-0.2, 0) is 11.3 Å². The Kier molecular flexibility index (Phi) is 5.53. The predicted molar refractivity (Wildman–Crippen MR) is 108 cm³/mol. The number of carbonyl (C=O) groups is 1. The lowest BCUT2D eigenvalue weighted by atomic mass is 9.86. The molecule has 0 spiro atoms. The van der Waals surface area contributed by atoms with Gasteiger partial charge < -0.3 is 19.7 Å². The third-order valence-electron chi connectivity index (χ3n) is 5.99. The highest BCUT2D eigenvalue weighted by Crippen LogP contribution is 2.40. The van der Waals surface area contributed by atoms with Crippen LogP contribution in [0.1, 0.15) is 30.5 Å². The normalized spacial score (nSPS) is 19.7. The molecule has 5 heteroatoms. The van der Waals surface area contributed by atoms with Gasteiger partial charge in [0.1, 0.15) is 11.5 Å². The lowest BCUT2D eigenvalue weighted by molar-refractivity contribution is -0.141. The highest BCUT2D eigenvalue weighted by Gasteiger charge is 2.37. The van der Waals surface area contributed by atoms with Crippen molar-refractivity contribution in [1.82, 2.24) is 10.2 Å². The van der Waals surface area contributed by atoms with E-state index >= 15 is 0 Å². The molecule has 2 aliphatic rings. The summed E-state index contributed by atoms with van der Waals surface area (Å²) in [5.74, 6) is 2.27. The Morgan fingerprint density at radius 1 is 1.25 bits per heavy atom. The molecule has 2 heterocycles. The highest BCUT2D eigenvalue weighted by atomic mass is 16.5. The molecule has 1 saturated heterocycles. The van der Waals surface area contributed by atoms with E-state index in [1.165, 1.54) is 0 Å². The van der Waals surface area contributed by atoms with Crippen molar-refractivity contribution in [1.29, 1.82) is 0 Å². The van der Waals surface area contributed by atoms with E-state index in [9.17, 15) is 4.79 Å². The van der Waals surface area contributed by atoms with Crippen molar-refractivity contribution >= 4 is 5.91 Å². The third kappa shape index (κ3) is 3.72. The molecule has 1 amide bonds. The number of rotatable bonds is 6. The maximum absolute atomic E-state index is 13.6. The molecule has 28 heavy (non-hydrogen) atoms. The topological polar surface area (TPSA) is 50.8 Å². The summed E-state index contributed by atoms with van der Waals surface area (Å²) in [4.78, 5) is 15.6.